The Morgan fingerprint density at radius 1 is 1.33 bits per heavy atom. The summed E-state index contributed by atoms with van der Waals surface area (Å²) in [5.74, 6) is -0.639. The molecule has 1 saturated carbocycles. The van der Waals surface area contributed by atoms with E-state index in [0.29, 0.717) is 10.6 Å². The molecule has 1 aliphatic carbocycles. The fourth-order valence-corrected chi connectivity index (χ4v) is 3.12. The zero-order chi connectivity index (χ0) is 13.1. The molecular weight excluding hydrogens is 255 g/mol. The zero-order valence-corrected chi connectivity index (χ0v) is 10.8. The zero-order valence-electron chi connectivity index (χ0n) is 10.0. The van der Waals surface area contributed by atoms with Crippen LogP contribution in [0.2, 0.25) is 5.02 Å². The van der Waals surface area contributed by atoms with Gasteiger partial charge in [0.1, 0.15) is 5.82 Å². The average molecular weight is 271 g/mol. The molecule has 0 saturated heterocycles. The second-order valence-electron chi connectivity index (χ2n) is 4.95. The highest BCUT2D eigenvalue weighted by Gasteiger charge is 2.26. The third-order valence-corrected chi connectivity index (χ3v) is 4.05. The van der Waals surface area contributed by atoms with Crippen molar-refractivity contribution in [2.45, 2.75) is 38.0 Å². The lowest BCUT2D eigenvalue weighted by molar-refractivity contribution is -0.138. The Morgan fingerprint density at radius 2 is 2.00 bits per heavy atom. The van der Waals surface area contributed by atoms with Crippen LogP contribution < -0.4 is 0 Å². The highest BCUT2D eigenvalue weighted by atomic mass is 35.5. The van der Waals surface area contributed by atoms with Crippen LogP contribution in [0, 0.1) is 11.7 Å². The van der Waals surface area contributed by atoms with E-state index in [1.807, 2.05) is 0 Å². The quantitative estimate of drug-likeness (QED) is 0.892. The van der Waals surface area contributed by atoms with E-state index < -0.39 is 5.97 Å². The molecule has 98 valence electrons. The van der Waals surface area contributed by atoms with Crippen LogP contribution in [-0.2, 0) is 4.79 Å². The first-order valence-corrected chi connectivity index (χ1v) is 6.61. The predicted octanol–water partition coefficient (Wildman–Crippen LogP) is 4.23. The summed E-state index contributed by atoms with van der Waals surface area (Å²) in [6.07, 6.45) is 3.53. The second-order valence-corrected chi connectivity index (χ2v) is 5.36. The molecule has 4 heteroatoms. The third-order valence-electron chi connectivity index (χ3n) is 3.72. The fraction of sp³-hybridized carbons (Fsp3) is 0.500. The molecule has 0 atom stereocenters. The van der Waals surface area contributed by atoms with Crippen molar-refractivity contribution in [2.24, 2.45) is 5.92 Å². The molecule has 1 aliphatic rings. The molecule has 0 spiro atoms. The minimum atomic E-state index is -0.748. The van der Waals surface area contributed by atoms with Crippen LogP contribution >= 0.6 is 11.6 Å². The highest BCUT2D eigenvalue weighted by Crippen LogP contribution is 2.40. The second kappa shape index (κ2) is 5.70. The normalized spacial score (nSPS) is 23.9. The summed E-state index contributed by atoms with van der Waals surface area (Å²) < 4.78 is 13.8. The van der Waals surface area contributed by atoms with E-state index in [9.17, 15) is 9.18 Å². The number of halogens is 2. The van der Waals surface area contributed by atoms with Crippen molar-refractivity contribution in [2.75, 3.05) is 0 Å². The Bertz CT molecular complexity index is 419. The molecule has 0 aliphatic heterocycles. The van der Waals surface area contributed by atoms with Gasteiger partial charge in [0.05, 0.1) is 0 Å². The SMILES string of the molecule is O=C(O)CC1CCC(c2c(F)cccc2Cl)CC1. The first kappa shape index (κ1) is 13.3. The Kier molecular flexibility index (Phi) is 4.23. The fourth-order valence-electron chi connectivity index (χ4n) is 2.80. The molecule has 2 nitrogen and oxygen atoms in total. The lowest BCUT2D eigenvalue weighted by atomic mass is 9.77. The summed E-state index contributed by atoms with van der Waals surface area (Å²) in [5.41, 5.74) is 0.605. The smallest absolute Gasteiger partial charge is 0.303 e. The lowest BCUT2D eigenvalue weighted by Crippen LogP contribution is -2.17. The van der Waals surface area contributed by atoms with Gasteiger partial charge in [0.25, 0.3) is 0 Å². The lowest BCUT2D eigenvalue weighted by Gasteiger charge is -2.28. The number of carbonyl (C=O) groups is 1. The minimum Gasteiger partial charge on any atom is -0.481 e. The first-order valence-electron chi connectivity index (χ1n) is 6.23. The van der Waals surface area contributed by atoms with Crippen LogP contribution in [-0.4, -0.2) is 11.1 Å². The van der Waals surface area contributed by atoms with E-state index in [-0.39, 0.29) is 24.1 Å². The summed E-state index contributed by atoms with van der Waals surface area (Å²) in [4.78, 5) is 10.6. The maximum Gasteiger partial charge on any atom is 0.303 e. The van der Waals surface area contributed by atoms with Gasteiger partial charge >= 0.3 is 5.97 Å². The van der Waals surface area contributed by atoms with Gasteiger partial charge in [-0.2, -0.15) is 0 Å². The Balaban J connectivity index is 2.03. The van der Waals surface area contributed by atoms with E-state index in [1.54, 1.807) is 12.1 Å². The first-order chi connectivity index (χ1) is 8.58. The maximum atomic E-state index is 13.8. The summed E-state index contributed by atoms with van der Waals surface area (Å²) in [6, 6.07) is 4.76. The van der Waals surface area contributed by atoms with Gasteiger partial charge in [-0.05, 0) is 49.7 Å². The van der Waals surface area contributed by atoms with E-state index in [1.165, 1.54) is 6.07 Å². The number of rotatable bonds is 3. The van der Waals surface area contributed by atoms with Crippen LogP contribution in [0.15, 0.2) is 18.2 Å². The summed E-state index contributed by atoms with van der Waals surface area (Å²) >= 11 is 6.05. The van der Waals surface area contributed by atoms with Crippen molar-refractivity contribution in [1.82, 2.24) is 0 Å². The molecule has 0 amide bonds. The van der Waals surface area contributed by atoms with Crippen LogP contribution in [0.5, 0.6) is 0 Å². The van der Waals surface area contributed by atoms with Crippen molar-refractivity contribution in [3.05, 3.63) is 34.6 Å². The number of benzene rings is 1. The summed E-state index contributed by atoms with van der Waals surface area (Å²) in [7, 11) is 0. The van der Waals surface area contributed by atoms with E-state index >= 15 is 0 Å². The van der Waals surface area contributed by atoms with Crippen molar-refractivity contribution < 1.29 is 14.3 Å². The molecule has 0 heterocycles. The van der Waals surface area contributed by atoms with E-state index in [0.717, 1.165) is 25.7 Å². The molecule has 1 aromatic carbocycles. The largest absolute Gasteiger partial charge is 0.481 e. The maximum absolute atomic E-state index is 13.8. The van der Waals surface area contributed by atoms with Gasteiger partial charge in [0.15, 0.2) is 0 Å². The number of carboxylic acid groups (broad SMARTS) is 1. The van der Waals surface area contributed by atoms with Gasteiger partial charge in [0, 0.05) is 17.0 Å². The van der Waals surface area contributed by atoms with Gasteiger partial charge in [0.2, 0.25) is 0 Å². The summed E-state index contributed by atoms with van der Waals surface area (Å²) in [5, 5.41) is 9.24. The van der Waals surface area contributed by atoms with Crippen molar-refractivity contribution in [3.63, 3.8) is 0 Å². The Labute approximate surface area is 111 Å². The van der Waals surface area contributed by atoms with Crippen molar-refractivity contribution >= 4 is 17.6 Å². The van der Waals surface area contributed by atoms with Crippen LogP contribution in [0.25, 0.3) is 0 Å². The van der Waals surface area contributed by atoms with Gasteiger partial charge in [-0.3, -0.25) is 4.79 Å². The van der Waals surface area contributed by atoms with Crippen LogP contribution in [0.1, 0.15) is 43.6 Å². The Morgan fingerprint density at radius 3 is 2.56 bits per heavy atom. The van der Waals surface area contributed by atoms with Crippen molar-refractivity contribution in [3.8, 4) is 0 Å². The van der Waals surface area contributed by atoms with Crippen LogP contribution in [0.4, 0.5) is 4.39 Å². The molecular formula is C14H16ClFO2. The monoisotopic (exact) mass is 270 g/mol. The van der Waals surface area contributed by atoms with Gasteiger partial charge in [-0.25, -0.2) is 4.39 Å². The standard InChI is InChI=1S/C14H16ClFO2/c15-11-2-1-3-12(16)14(11)10-6-4-9(5-7-10)8-13(17)18/h1-3,9-10H,4-8H2,(H,17,18). The van der Waals surface area contributed by atoms with Crippen LogP contribution in [0.3, 0.4) is 0 Å². The minimum absolute atomic E-state index is 0.128. The third kappa shape index (κ3) is 3.02. The van der Waals surface area contributed by atoms with Gasteiger partial charge in [-0.15, -0.1) is 0 Å². The molecule has 1 aromatic rings. The Hall–Kier alpha value is -1.09. The van der Waals surface area contributed by atoms with Crippen molar-refractivity contribution in [1.29, 1.82) is 0 Å². The highest BCUT2D eigenvalue weighted by molar-refractivity contribution is 6.31. The molecule has 2 rings (SSSR count). The number of hydrogen-bond acceptors (Lipinski definition) is 1. The van der Waals surface area contributed by atoms with E-state index in [4.69, 9.17) is 16.7 Å². The molecule has 0 unspecified atom stereocenters. The number of carboxylic acids is 1. The molecule has 0 aromatic heterocycles. The number of hydrogen-bond donors (Lipinski definition) is 1. The summed E-state index contributed by atoms with van der Waals surface area (Å²) in [6.45, 7) is 0. The molecule has 1 N–H and O–H groups in total. The van der Waals surface area contributed by atoms with Gasteiger partial charge < -0.3 is 5.11 Å². The topological polar surface area (TPSA) is 37.3 Å². The number of aliphatic carboxylic acids is 1. The predicted molar refractivity (Wildman–Crippen MR) is 68.4 cm³/mol. The van der Waals surface area contributed by atoms with Gasteiger partial charge in [-0.1, -0.05) is 17.7 Å². The molecule has 1 fully saturated rings. The molecule has 0 bridgehead atoms. The average Bonchev–Trinajstić information content (AvgIpc) is 2.30. The molecule has 0 radical (unpaired) electrons. The molecule has 18 heavy (non-hydrogen) atoms. The van der Waals surface area contributed by atoms with E-state index in [2.05, 4.69) is 0 Å².